The zero-order valence-electron chi connectivity index (χ0n) is 18.1. The molecule has 4 amide bonds. The van der Waals surface area contributed by atoms with E-state index in [2.05, 4.69) is 0 Å². The number of anilines is 1. The first kappa shape index (κ1) is 24.9. The second-order valence-electron chi connectivity index (χ2n) is 7.58. The van der Waals surface area contributed by atoms with Crippen LogP contribution in [0.5, 0.6) is 5.75 Å². The third-order valence-electron chi connectivity index (χ3n) is 5.12. The number of urea groups is 1. The minimum Gasteiger partial charge on any atom is -0.488 e. The van der Waals surface area contributed by atoms with Crippen LogP contribution in [0.3, 0.4) is 0 Å². The lowest BCUT2D eigenvalue weighted by molar-refractivity contribution is -0.137. The van der Waals surface area contributed by atoms with Gasteiger partial charge >= 0.3 is 12.2 Å². The number of para-hydroxylation sites is 1. The quantitative estimate of drug-likeness (QED) is 0.265. The first-order valence-corrected chi connectivity index (χ1v) is 10.7. The van der Waals surface area contributed by atoms with Crippen LogP contribution in [0.25, 0.3) is 6.08 Å². The highest BCUT2D eigenvalue weighted by Crippen LogP contribution is 2.37. The first-order valence-electron chi connectivity index (χ1n) is 10.3. The zero-order valence-corrected chi connectivity index (χ0v) is 18.9. The van der Waals surface area contributed by atoms with Gasteiger partial charge in [-0.1, -0.05) is 41.9 Å². The van der Waals surface area contributed by atoms with Gasteiger partial charge in [0.05, 0.1) is 16.3 Å². The molecule has 0 saturated carbocycles. The maximum atomic E-state index is 13.4. The smallest absolute Gasteiger partial charge is 0.416 e. The number of halogens is 5. The Labute approximate surface area is 206 Å². The van der Waals surface area contributed by atoms with Crippen molar-refractivity contribution in [2.45, 2.75) is 12.8 Å². The fraction of sp³-hybridized carbons (Fsp3) is 0.0800. The van der Waals surface area contributed by atoms with E-state index in [1.165, 1.54) is 24.3 Å². The van der Waals surface area contributed by atoms with E-state index >= 15 is 0 Å². The van der Waals surface area contributed by atoms with Gasteiger partial charge in [-0.15, -0.1) is 0 Å². The second-order valence-corrected chi connectivity index (χ2v) is 7.99. The molecule has 1 fully saturated rings. The topological polar surface area (TPSA) is 75.7 Å². The summed E-state index contributed by atoms with van der Waals surface area (Å²) >= 11 is 6.00. The molecule has 6 nitrogen and oxygen atoms in total. The summed E-state index contributed by atoms with van der Waals surface area (Å²) in [6.07, 6.45) is -3.62. The number of benzene rings is 3. The number of barbiturate groups is 1. The van der Waals surface area contributed by atoms with Crippen molar-refractivity contribution >= 4 is 41.2 Å². The zero-order chi connectivity index (χ0) is 26.0. The number of ether oxygens (including phenoxy) is 1. The normalized spacial score (nSPS) is 15.3. The Hall–Kier alpha value is -4.18. The highest BCUT2D eigenvalue weighted by atomic mass is 35.5. The van der Waals surface area contributed by atoms with Crippen LogP contribution in [0.4, 0.5) is 28.0 Å². The molecule has 0 atom stereocenters. The van der Waals surface area contributed by atoms with E-state index in [4.69, 9.17) is 16.3 Å². The molecule has 0 bridgehead atoms. The minimum atomic E-state index is -4.76. The molecule has 3 aromatic rings. The van der Waals surface area contributed by atoms with Crippen molar-refractivity contribution in [1.29, 1.82) is 0 Å². The summed E-state index contributed by atoms with van der Waals surface area (Å²) in [4.78, 5) is 38.4. The Kier molecular flexibility index (Phi) is 6.80. The van der Waals surface area contributed by atoms with Crippen molar-refractivity contribution in [3.63, 3.8) is 0 Å². The number of carbonyl (C=O) groups is 3. The van der Waals surface area contributed by atoms with Crippen LogP contribution in [-0.2, 0) is 22.4 Å². The molecule has 0 aromatic heterocycles. The Morgan fingerprint density at radius 3 is 2.44 bits per heavy atom. The van der Waals surface area contributed by atoms with Gasteiger partial charge in [0, 0.05) is 5.56 Å². The van der Waals surface area contributed by atoms with Gasteiger partial charge in [0.25, 0.3) is 11.8 Å². The van der Waals surface area contributed by atoms with Crippen LogP contribution in [0.2, 0.25) is 5.02 Å². The molecule has 4 rings (SSSR count). The average Bonchev–Trinajstić information content (AvgIpc) is 2.81. The van der Waals surface area contributed by atoms with E-state index in [-0.39, 0.29) is 22.9 Å². The van der Waals surface area contributed by atoms with Gasteiger partial charge < -0.3 is 4.74 Å². The van der Waals surface area contributed by atoms with Gasteiger partial charge in [-0.3, -0.25) is 14.9 Å². The third kappa shape index (κ3) is 5.23. The van der Waals surface area contributed by atoms with Crippen molar-refractivity contribution in [3.8, 4) is 5.75 Å². The Bertz CT molecular complexity index is 1400. The number of hydrogen-bond donors (Lipinski definition) is 1. The molecule has 1 heterocycles. The van der Waals surface area contributed by atoms with Crippen LogP contribution in [0, 0.1) is 5.82 Å². The number of amides is 4. The molecule has 11 heteroatoms. The first-order chi connectivity index (χ1) is 17.0. The average molecular weight is 519 g/mol. The summed E-state index contributed by atoms with van der Waals surface area (Å²) in [5.74, 6) is -2.45. The van der Waals surface area contributed by atoms with Crippen molar-refractivity contribution < 1.29 is 36.7 Å². The van der Waals surface area contributed by atoms with Crippen LogP contribution >= 0.6 is 11.6 Å². The van der Waals surface area contributed by atoms with Gasteiger partial charge in [-0.25, -0.2) is 14.1 Å². The summed E-state index contributed by atoms with van der Waals surface area (Å²) in [7, 11) is 0. The lowest BCUT2D eigenvalue weighted by Crippen LogP contribution is -2.54. The Morgan fingerprint density at radius 1 is 0.972 bits per heavy atom. The Morgan fingerprint density at radius 2 is 1.72 bits per heavy atom. The number of hydrogen-bond acceptors (Lipinski definition) is 4. The molecule has 0 unspecified atom stereocenters. The van der Waals surface area contributed by atoms with E-state index in [0.29, 0.717) is 22.6 Å². The molecule has 184 valence electrons. The molecule has 36 heavy (non-hydrogen) atoms. The monoisotopic (exact) mass is 518 g/mol. The van der Waals surface area contributed by atoms with E-state index in [1.807, 2.05) is 5.32 Å². The van der Waals surface area contributed by atoms with E-state index in [9.17, 15) is 31.9 Å². The highest BCUT2D eigenvalue weighted by Gasteiger charge is 2.39. The van der Waals surface area contributed by atoms with E-state index in [0.717, 1.165) is 12.1 Å². The van der Waals surface area contributed by atoms with Crippen molar-refractivity contribution in [1.82, 2.24) is 5.32 Å². The third-order valence-corrected chi connectivity index (χ3v) is 5.44. The summed E-state index contributed by atoms with van der Waals surface area (Å²) in [6.45, 7) is -0.0253. The van der Waals surface area contributed by atoms with E-state index < -0.39 is 46.7 Å². The fourth-order valence-electron chi connectivity index (χ4n) is 3.41. The molecule has 1 aliphatic rings. The van der Waals surface area contributed by atoms with Crippen molar-refractivity contribution in [2.24, 2.45) is 0 Å². The maximum Gasteiger partial charge on any atom is 0.416 e. The predicted molar refractivity (Wildman–Crippen MR) is 123 cm³/mol. The summed E-state index contributed by atoms with van der Waals surface area (Å²) in [6, 6.07) is 12.9. The molecule has 0 spiro atoms. The van der Waals surface area contributed by atoms with Crippen molar-refractivity contribution in [2.75, 3.05) is 4.90 Å². The largest absolute Gasteiger partial charge is 0.488 e. The molecule has 1 saturated heterocycles. The number of imide groups is 2. The molecule has 1 N–H and O–H groups in total. The minimum absolute atomic E-state index is 0.0253. The van der Waals surface area contributed by atoms with Crippen molar-refractivity contribution in [3.05, 3.63) is 99.8 Å². The van der Waals surface area contributed by atoms with Gasteiger partial charge in [0.1, 0.15) is 23.7 Å². The van der Waals surface area contributed by atoms with Gasteiger partial charge in [-0.2, -0.15) is 13.2 Å². The number of nitrogens with zero attached hydrogens (tertiary/aromatic N) is 1. The van der Waals surface area contributed by atoms with Crippen LogP contribution < -0.4 is 15.0 Å². The lowest BCUT2D eigenvalue weighted by atomic mass is 10.1. The van der Waals surface area contributed by atoms with E-state index in [1.54, 1.807) is 24.3 Å². The second kappa shape index (κ2) is 9.82. The molecule has 0 aliphatic carbocycles. The molecular formula is C25H15ClF4N2O4. The van der Waals surface area contributed by atoms with Gasteiger partial charge in [0.15, 0.2) is 0 Å². The number of alkyl halides is 3. The summed E-state index contributed by atoms with van der Waals surface area (Å²) in [5, 5.41) is 1.63. The van der Waals surface area contributed by atoms with Crippen LogP contribution in [-0.4, -0.2) is 17.8 Å². The number of nitrogens with one attached hydrogen (secondary N) is 1. The van der Waals surface area contributed by atoms with Crippen LogP contribution in [0.1, 0.15) is 16.7 Å². The number of carbonyl (C=O) groups excluding carboxylic acids is 3. The Balaban J connectivity index is 1.68. The summed E-state index contributed by atoms with van der Waals surface area (Å²) < 4.78 is 58.8. The predicted octanol–water partition coefficient (Wildman–Crippen LogP) is 5.74. The summed E-state index contributed by atoms with van der Waals surface area (Å²) in [5.41, 5.74) is -1.43. The molecule has 1 aliphatic heterocycles. The number of rotatable bonds is 5. The lowest BCUT2D eigenvalue weighted by Gasteiger charge is -2.27. The fourth-order valence-corrected chi connectivity index (χ4v) is 3.61. The molecule has 3 aromatic carbocycles. The van der Waals surface area contributed by atoms with Crippen LogP contribution in [0.15, 0.2) is 72.3 Å². The molecule has 0 radical (unpaired) electrons. The molecular weight excluding hydrogens is 504 g/mol. The van der Waals surface area contributed by atoms with Gasteiger partial charge in [-0.05, 0) is 48.0 Å². The highest BCUT2D eigenvalue weighted by molar-refractivity contribution is 6.42. The standard InChI is InChI=1S/C25H15ClF4N2O4/c26-19-9-8-16(25(28,29)30)12-20(19)32-23(34)18(22(33)31-24(32)35)11-15-5-1-2-7-21(15)36-13-14-4-3-6-17(27)10-14/h1-12H,13H2,(H,31,33,35)/b18-11-. The maximum absolute atomic E-state index is 13.4. The SMILES string of the molecule is O=C1NC(=O)N(c2cc(C(F)(F)F)ccc2Cl)C(=O)/C1=C\c1ccccc1OCc1cccc(F)c1. The van der Waals surface area contributed by atoms with Gasteiger partial charge in [0.2, 0.25) is 0 Å².